The number of ether oxygens (including phenoxy) is 4. The van der Waals surface area contributed by atoms with Crippen molar-refractivity contribution in [1.82, 2.24) is 10.3 Å². The monoisotopic (exact) mass is 544 g/mol. The van der Waals surface area contributed by atoms with Gasteiger partial charge in [0.15, 0.2) is 18.1 Å². The Hall–Kier alpha value is -4.40. The molecule has 0 saturated carbocycles. The van der Waals surface area contributed by atoms with Crippen molar-refractivity contribution in [2.45, 2.75) is 40.5 Å². The maximum absolute atomic E-state index is 13.6. The lowest BCUT2D eigenvalue weighted by molar-refractivity contribution is -0.123. The van der Waals surface area contributed by atoms with Crippen LogP contribution in [0.15, 0.2) is 42.5 Å². The number of amides is 2. The van der Waals surface area contributed by atoms with E-state index in [1.807, 2.05) is 47.8 Å². The van der Waals surface area contributed by atoms with Gasteiger partial charge in [-0.1, -0.05) is 45.0 Å². The Labute approximate surface area is 232 Å². The summed E-state index contributed by atoms with van der Waals surface area (Å²) >= 11 is 0. The van der Waals surface area contributed by atoms with Crippen LogP contribution in [0.25, 0.3) is 22.6 Å². The summed E-state index contributed by atoms with van der Waals surface area (Å²) in [6, 6.07) is 13.2. The number of allylic oxidation sites excluding steroid dienone is 1. The van der Waals surface area contributed by atoms with Gasteiger partial charge in [-0.05, 0) is 72.1 Å². The van der Waals surface area contributed by atoms with Crippen molar-refractivity contribution >= 4 is 40.5 Å². The largest absolute Gasteiger partial charge is 0.454 e. The number of pyridine rings is 1. The number of aromatic nitrogens is 1. The van der Waals surface area contributed by atoms with Crippen molar-refractivity contribution in [3.05, 3.63) is 64.8 Å². The molecule has 9 heteroatoms. The molecule has 208 valence electrons. The highest BCUT2D eigenvalue weighted by atomic mass is 16.7. The third-order valence-electron chi connectivity index (χ3n) is 7.23. The van der Waals surface area contributed by atoms with Gasteiger partial charge in [-0.2, -0.15) is 0 Å². The van der Waals surface area contributed by atoms with E-state index in [-0.39, 0.29) is 24.7 Å². The first kappa shape index (κ1) is 27.2. The van der Waals surface area contributed by atoms with E-state index in [1.165, 1.54) is 0 Å². The van der Waals surface area contributed by atoms with Crippen molar-refractivity contribution in [3.63, 3.8) is 0 Å². The predicted molar refractivity (Wildman–Crippen MR) is 149 cm³/mol. The van der Waals surface area contributed by atoms with Gasteiger partial charge in [0.05, 0.1) is 23.4 Å². The van der Waals surface area contributed by atoms with Gasteiger partial charge in [0.25, 0.3) is 5.91 Å². The molecule has 0 saturated heterocycles. The lowest BCUT2D eigenvalue weighted by Crippen LogP contribution is -2.35. The zero-order valence-electron chi connectivity index (χ0n) is 23.0. The van der Waals surface area contributed by atoms with E-state index in [0.29, 0.717) is 34.4 Å². The van der Waals surface area contributed by atoms with Crippen LogP contribution in [-0.2, 0) is 20.7 Å². The summed E-state index contributed by atoms with van der Waals surface area (Å²) in [4.78, 5) is 42.4. The number of fused-ring (bicyclic) bond motifs is 3. The third-order valence-corrected chi connectivity index (χ3v) is 7.23. The molecule has 0 fully saturated rings. The van der Waals surface area contributed by atoms with Crippen LogP contribution in [0.5, 0.6) is 11.5 Å². The first-order chi connectivity index (χ1) is 19.1. The highest BCUT2D eigenvalue weighted by Gasteiger charge is 2.35. The van der Waals surface area contributed by atoms with Crippen LogP contribution in [0.1, 0.15) is 61.3 Å². The van der Waals surface area contributed by atoms with Gasteiger partial charge >= 0.3 is 12.1 Å². The molecule has 5 rings (SSSR count). The number of hydrogen-bond donors (Lipinski definition) is 1. The van der Waals surface area contributed by atoms with Crippen molar-refractivity contribution in [1.29, 1.82) is 0 Å². The van der Waals surface area contributed by atoms with E-state index in [9.17, 15) is 14.4 Å². The van der Waals surface area contributed by atoms with E-state index >= 15 is 0 Å². The van der Waals surface area contributed by atoms with Gasteiger partial charge in [-0.25, -0.2) is 14.6 Å². The zero-order valence-corrected chi connectivity index (χ0v) is 23.0. The molecule has 40 heavy (non-hydrogen) atoms. The molecule has 0 radical (unpaired) electrons. The summed E-state index contributed by atoms with van der Waals surface area (Å²) in [6.45, 7) is 7.88. The normalized spacial score (nSPS) is 16.9. The molecule has 0 bridgehead atoms. The fraction of sp³-hybridized carbons (Fsp3) is 0.355. The number of rotatable bonds is 5. The number of benzene rings is 2. The molecule has 1 aliphatic heterocycles. The Morgan fingerprint density at radius 1 is 1.05 bits per heavy atom. The molecule has 3 aromatic rings. The quantitative estimate of drug-likeness (QED) is 0.417. The Morgan fingerprint density at radius 2 is 1.82 bits per heavy atom. The average molecular weight is 545 g/mol. The summed E-state index contributed by atoms with van der Waals surface area (Å²) in [5, 5.41) is 2.70. The van der Waals surface area contributed by atoms with Gasteiger partial charge < -0.3 is 18.9 Å². The number of carbonyl (C=O) groups excluding carboxylic acids is 3. The number of para-hydroxylation sites is 1. The fourth-order valence-electron chi connectivity index (χ4n) is 5.09. The first-order valence-electron chi connectivity index (χ1n) is 13.3. The van der Waals surface area contributed by atoms with Crippen LogP contribution in [0.2, 0.25) is 0 Å². The molecule has 1 N–H and O–H groups in total. The summed E-state index contributed by atoms with van der Waals surface area (Å²) in [6.07, 6.45) is 2.59. The number of esters is 1. The van der Waals surface area contributed by atoms with Crippen LogP contribution in [0.3, 0.4) is 0 Å². The second-order valence-corrected chi connectivity index (χ2v) is 10.9. The van der Waals surface area contributed by atoms with Gasteiger partial charge in [0.2, 0.25) is 6.79 Å². The SMILES string of the molecule is CCOC(=O)NC(=O)COC(=O)c1c2c(nc3ccccc13)/C(=C/c1ccc3c(c1)OCO3)C[C@@H](C(C)(C)C)C2. The summed E-state index contributed by atoms with van der Waals surface area (Å²) in [7, 11) is 0. The number of alkyl carbamates (subject to hydrolysis) is 1. The Bertz CT molecular complexity index is 1520. The average Bonchev–Trinajstić information content (AvgIpc) is 3.38. The van der Waals surface area contributed by atoms with Gasteiger partial charge in [0, 0.05) is 5.39 Å². The topological polar surface area (TPSA) is 113 Å². The van der Waals surface area contributed by atoms with Crippen LogP contribution < -0.4 is 14.8 Å². The highest BCUT2D eigenvalue weighted by molar-refractivity contribution is 6.07. The van der Waals surface area contributed by atoms with Crippen LogP contribution in [-0.4, -0.2) is 43.0 Å². The van der Waals surface area contributed by atoms with E-state index in [4.69, 9.17) is 23.9 Å². The molecule has 1 atom stereocenters. The second kappa shape index (κ2) is 11.0. The summed E-state index contributed by atoms with van der Waals surface area (Å²) in [5.41, 5.74) is 4.43. The first-order valence-corrected chi connectivity index (χ1v) is 13.3. The molecular formula is C31H32N2O7. The van der Waals surface area contributed by atoms with Crippen LogP contribution in [0, 0.1) is 11.3 Å². The number of carbonyl (C=O) groups is 3. The number of nitrogens with zero attached hydrogens (tertiary/aromatic N) is 1. The van der Waals surface area contributed by atoms with Crippen LogP contribution in [0.4, 0.5) is 4.79 Å². The minimum absolute atomic E-state index is 0.0575. The predicted octanol–water partition coefficient (Wildman–Crippen LogP) is 5.54. The Morgan fingerprint density at radius 3 is 2.60 bits per heavy atom. The second-order valence-electron chi connectivity index (χ2n) is 10.9. The van der Waals surface area contributed by atoms with E-state index < -0.39 is 24.6 Å². The smallest absolute Gasteiger partial charge is 0.413 e. The lowest BCUT2D eigenvalue weighted by Gasteiger charge is -2.36. The van der Waals surface area contributed by atoms with Crippen molar-refractivity contribution < 1.29 is 33.3 Å². The molecule has 2 aromatic carbocycles. The zero-order chi connectivity index (χ0) is 28.4. The summed E-state index contributed by atoms with van der Waals surface area (Å²) < 4.78 is 21.2. The summed E-state index contributed by atoms with van der Waals surface area (Å²) in [5.74, 6) is 0.192. The lowest BCUT2D eigenvalue weighted by atomic mass is 9.69. The van der Waals surface area contributed by atoms with Gasteiger partial charge in [-0.15, -0.1) is 0 Å². The van der Waals surface area contributed by atoms with Crippen molar-refractivity contribution in [3.8, 4) is 11.5 Å². The molecule has 9 nitrogen and oxygen atoms in total. The minimum atomic E-state index is -0.887. The molecule has 2 amide bonds. The molecule has 2 heterocycles. The number of imide groups is 1. The molecule has 0 spiro atoms. The fourth-order valence-corrected chi connectivity index (χ4v) is 5.09. The van der Waals surface area contributed by atoms with Crippen molar-refractivity contribution in [2.75, 3.05) is 20.0 Å². The standard InChI is InChI=1S/C31H32N2O7/c1-5-37-30(36)33-26(34)16-38-29(35)27-21-8-6-7-9-23(21)32-28-19(14-20(15-22(27)28)31(2,3)4)12-18-10-11-24-25(13-18)40-17-39-24/h6-13,20H,5,14-17H2,1-4H3,(H,33,34,36)/b19-12+/t20-/m1/s1. The molecule has 2 aliphatic rings. The molecule has 1 aliphatic carbocycles. The Kier molecular flexibility index (Phi) is 7.47. The highest BCUT2D eigenvalue weighted by Crippen LogP contribution is 2.45. The molecule has 0 unspecified atom stereocenters. The maximum Gasteiger partial charge on any atom is 0.413 e. The third kappa shape index (κ3) is 5.64. The minimum Gasteiger partial charge on any atom is -0.454 e. The Balaban J connectivity index is 1.57. The van der Waals surface area contributed by atoms with E-state index in [2.05, 4.69) is 26.8 Å². The van der Waals surface area contributed by atoms with Gasteiger partial charge in [0.1, 0.15) is 0 Å². The van der Waals surface area contributed by atoms with E-state index in [0.717, 1.165) is 28.8 Å². The number of hydrogen-bond acceptors (Lipinski definition) is 8. The maximum atomic E-state index is 13.6. The van der Waals surface area contributed by atoms with Crippen molar-refractivity contribution in [2.24, 2.45) is 11.3 Å². The number of nitrogens with one attached hydrogen (secondary N) is 1. The molecule has 1 aromatic heterocycles. The molecular weight excluding hydrogens is 512 g/mol. The van der Waals surface area contributed by atoms with Gasteiger partial charge in [-0.3, -0.25) is 10.1 Å². The van der Waals surface area contributed by atoms with Crippen LogP contribution >= 0.6 is 0 Å². The van der Waals surface area contributed by atoms with E-state index in [1.54, 1.807) is 6.92 Å².